The zero-order valence-electron chi connectivity index (χ0n) is 22.1. The van der Waals surface area contributed by atoms with Crippen molar-refractivity contribution in [3.8, 4) is 11.5 Å². The molecule has 11 heteroatoms. The first kappa shape index (κ1) is 26.9. The molecule has 9 nitrogen and oxygen atoms in total. The van der Waals surface area contributed by atoms with Gasteiger partial charge in [-0.25, -0.2) is 4.90 Å². The molecule has 4 aromatic rings. The summed E-state index contributed by atoms with van der Waals surface area (Å²) in [6, 6.07) is 21.3. The predicted molar refractivity (Wildman–Crippen MR) is 157 cm³/mol. The average molecular weight is 588 g/mol. The van der Waals surface area contributed by atoms with E-state index in [0.717, 1.165) is 16.9 Å². The van der Waals surface area contributed by atoms with E-state index < -0.39 is 17.1 Å². The number of thioether (sulfide) groups is 1. The molecule has 0 spiro atoms. The molecule has 3 aromatic carbocycles. The Kier molecular flexibility index (Phi) is 7.14. The number of nitrogens with zero attached hydrogens (tertiary/aromatic N) is 1. The number of rotatable bonds is 7. The summed E-state index contributed by atoms with van der Waals surface area (Å²) in [5.74, 6) is -1.21. The molecule has 2 aliphatic rings. The van der Waals surface area contributed by atoms with Crippen LogP contribution in [0.25, 0.3) is 0 Å². The van der Waals surface area contributed by atoms with E-state index in [2.05, 4.69) is 10.3 Å². The first-order valence-electron chi connectivity index (χ1n) is 12.8. The minimum Gasteiger partial charge on any atom is -0.497 e. The number of ether oxygens (including phenoxy) is 2. The molecule has 3 amide bonds. The van der Waals surface area contributed by atoms with E-state index in [-0.39, 0.29) is 29.2 Å². The van der Waals surface area contributed by atoms with Crippen LogP contribution in [0.15, 0.2) is 82.6 Å². The monoisotopic (exact) mass is 587 g/mol. The quantitative estimate of drug-likeness (QED) is 0.304. The third-order valence-corrected chi connectivity index (χ3v) is 9.56. The summed E-state index contributed by atoms with van der Waals surface area (Å²) in [4.78, 5) is 57.0. The fourth-order valence-corrected chi connectivity index (χ4v) is 7.72. The number of nitrogens with one attached hydrogen (secondary N) is 2. The summed E-state index contributed by atoms with van der Waals surface area (Å²) in [7, 11) is 1.55. The van der Waals surface area contributed by atoms with Gasteiger partial charge in [-0.3, -0.25) is 19.2 Å². The third-order valence-electron chi connectivity index (χ3n) is 7.16. The number of H-pyrrole nitrogens is 1. The molecule has 3 atom stereocenters. The van der Waals surface area contributed by atoms with Gasteiger partial charge in [0.25, 0.3) is 5.91 Å². The topological polar surface area (TPSA) is 118 Å². The summed E-state index contributed by atoms with van der Waals surface area (Å²) in [6.07, 6.45) is 0. The van der Waals surface area contributed by atoms with Gasteiger partial charge in [-0.1, -0.05) is 53.4 Å². The number of methoxy groups -OCH3 is 1. The molecular formula is C30H25N3O6S2. The molecule has 2 aliphatic heterocycles. The maximum atomic E-state index is 13.9. The zero-order valence-corrected chi connectivity index (χ0v) is 23.7. The Morgan fingerprint density at radius 3 is 2.51 bits per heavy atom. The molecule has 0 saturated carbocycles. The van der Waals surface area contributed by atoms with E-state index in [1.54, 1.807) is 49.6 Å². The van der Waals surface area contributed by atoms with Gasteiger partial charge in [0.1, 0.15) is 16.7 Å². The Labute approximate surface area is 243 Å². The van der Waals surface area contributed by atoms with Crippen LogP contribution in [0.3, 0.4) is 0 Å². The number of para-hydroxylation sites is 1. The highest BCUT2D eigenvalue weighted by atomic mass is 32.2. The number of fused-ring (bicyclic) bond motifs is 2. The normalized spacial score (nSPS) is 19.5. The highest BCUT2D eigenvalue weighted by Crippen LogP contribution is 2.53. The Balaban J connectivity index is 1.29. The number of benzene rings is 3. The van der Waals surface area contributed by atoms with Crippen LogP contribution in [0.5, 0.6) is 11.5 Å². The minimum atomic E-state index is -0.729. The summed E-state index contributed by atoms with van der Waals surface area (Å²) >= 11 is 2.26. The lowest BCUT2D eigenvalue weighted by Crippen LogP contribution is -2.32. The fourth-order valence-electron chi connectivity index (χ4n) is 5.21. The number of amides is 3. The Hall–Kier alpha value is -4.35. The van der Waals surface area contributed by atoms with Gasteiger partial charge < -0.3 is 19.8 Å². The fraction of sp³-hybridized carbons (Fsp3) is 0.200. The molecule has 0 aliphatic carbocycles. The molecule has 208 valence electrons. The number of aromatic nitrogens is 1. The van der Waals surface area contributed by atoms with E-state index in [0.29, 0.717) is 38.3 Å². The van der Waals surface area contributed by atoms with Gasteiger partial charge in [0, 0.05) is 16.5 Å². The molecule has 2 N–H and O–H groups in total. The van der Waals surface area contributed by atoms with Gasteiger partial charge in [-0.05, 0) is 60.5 Å². The van der Waals surface area contributed by atoms with Gasteiger partial charge >= 0.3 is 4.87 Å². The van der Waals surface area contributed by atoms with E-state index in [4.69, 9.17) is 9.47 Å². The zero-order chi connectivity index (χ0) is 28.7. The molecule has 1 fully saturated rings. The number of carbonyl (C=O) groups excluding carboxylic acids is 3. The van der Waals surface area contributed by atoms with E-state index in [1.807, 2.05) is 37.3 Å². The van der Waals surface area contributed by atoms with Crippen molar-refractivity contribution in [2.45, 2.75) is 23.1 Å². The summed E-state index contributed by atoms with van der Waals surface area (Å²) in [5.41, 5.74) is 2.82. The van der Waals surface area contributed by atoms with Gasteiger partial charge in [0.15, 0.2) is 6.61 Å². The van der Waals surface area contributed by atoms with Gasteiger partial charge in [0.05, 0.1) is 23.7 Å². The first-order chi connectivity index (χ1) is 19.8. The number of carbonyl (C=O) groups is 3. The summed E-state index contributed by atoms with van der Waals surface area (Å²) < 4.78 is 11.0. The van der Waals surface area contributed by atoms with E-state index >= 15 is 0 Å². The molecule has 6 rings (SSSR count). The molecule has 1 aromatic heterocycles. The SMILES string of the molecule is COc1ccc(N2C(=O)C3Sc4[nH]c(=O)sc4[C@H](c4cccc(OCC(=O)Nc5ccccc5C)c4)C3C2=O)cc1. The van der Waals surface area contributed by atoms with Gasteiger partial charge in [-0.2, -0.15) is 0 Å². The summed E-state index contributed by atoms with van der Waals surface area (Å²) in [6.45, 7) is 1.69. The lowest BCUT2D eigenvalue weighted by molar-refractivity contribution is -0.122. The van der Waals surface area contributed by atoms with Crippen molar-refractivity contribution in [2.75, 3.05) is 23.9 Å². The van der Waals surface area contributed by atoms with Crippen LogP contribution in [0.4, 0.5) is 11.4 Å². The first-order valence-corrected chi connectivity index (χ1v) is 14.5. The number of thiazole rings is 1. The number of aromatic amines is 1. The maximum Gasteiger partial charge on any atom is 0.305 e. The van der Waals surface area contributed by atoms with Crippen LogP contribution in [0.2, 0.25) is 0 Å². The molecule has 0 bridgehead atoms. The molecular weight excluding hydrogens is 562 g/mol. The van der Waals surface area contributed by atoms with Crippen LogP contribution < -0.4 is 24.6 Å². The number of imide groups is 1. The van der Waals surface area contributed by atoms with Crippen molar-refractivity contribution in [3.05, 3.63) is 98.5 Å². The smallest absolute Gasteiger partial charge is 0.305 e. The average Bonchev–Trinajstić information content (AvgIpc) is 3.47. The highest BCUT2D eigenvalue weighted by molar-refractivity contribution is 8.00. The van der Waals surface area contributed by atoms with Crippen LogP contribution in [-0.2, 0) is 14.4 Å². The van der Waals surface area contributed by atoms with Crippen molar-refractivity contribution in [1.82, 2.24) is 4.98 Å². The minimum absolute atomic E-state index is 0.213. The summed E-state index contributed by atoms with van der Waals surface area (Å²) in [5, 5.41) is 2.72. The highest BCUT2D eigenvalue weighted by Gasteiger charge is 2.56. The third kappa shape index (κ3) is 5.02. The maximum absolute atomic E-state index is 13.9. The Morgan fingerprint density at radius 1 is 0.976 bits per heavy atom. The standard InChI is InChI=1S/C30H25N3O6S2/c1-16-6-3-4-9-21(16)31-22(34)15-39-20-8-5-7-17(14-20)23-24-26(40-27-25(23)41-30(37)32-27)29(36)33(28(24)35)18-10-12-19(38-2)13-11-18/h3-14,23-24,26H,15H2,1-2H3,(H,31,34)(H,32,37)/t23-,24?,26?/m1/s1. The van der Waals surface area contributed by atoms with Crippen molar-refractivity contribution in [2.24, 2.45) is 5.92 Å². The largest absolute Gasteiger partial charge is 0.497 e. The van der Waals surface area contributed by atoms with E-state index in [9.17, 15) is 19.2 Å². The van der Waals surface area contributed by atoms with Crippen LogP contribution in [-0.4, -0.2) is 41.7 Å². The van der Waals surface area contributed by atoms with Crippen LogP contribution in [0, 0.1) is 12.8 Å². The van der Waals surface area contributed by atoms with Gasteiger partial charge in [0.2, 0.25) is 11.8 Å². The molecule has 0 radical (unpaired) electrons. The number of hydrogen-bond acceptors (Lipinski definition) is 8. The van der Waals surface area contributed by atoms with Crippen LogP contribution in [0.1, 0.15) is 21.9 Å². The molecule has 41 heavy (non-hydrogen) atoms. The van der Waals surface area contributed by atoms with Crippen LogP contribution >= 0.6 is 23.1 Å². The van der Waals surface area contributed by atoms with Crippen molar-refractivity contribution in [1.29, 1.82) is 0 Å². The van der Waals surface area contributed by atoms with Crippen molar-refractivity contribution in [3.63, 3.8) is 0 Å². The van der Waals surface area contributed by atoms with Crippen molar-refractivity contribution >= 4 is 52.2 Å². The van der Waals surface area contributed by atoms with Gasteiger partial charge in [-0.15, -0.1) is 0 Å². The predicted octanol–water partition coefficient (Wildman–Crippen LogP) is 4.57. The molecule has 3 heterocycles. The number of aryl methyl sites for hydroxylation is 1. The second-order valence-electron chi connectivity index (χ2n) is 9.68. The molecule has 2 unspecified atom stereocenters. The molecule has 1 saturated heterocycles. The lowest BCUT2D eigenvalue weighted by Gasteiger charge is -2.30. The Bertz CT molecular complexity index is 1710. The second kappa shape index (κ2) is 10.9. The second-order valence-corrected chi connectivity index (χ2v) is 11.9. The number of hydrogen-bond donors (Lipinski definition) is 2. The van der Waals surface area contributed by atoms with Crippen molar-refractivity contribution < 1.29 is 23.9 Å². The Morgan fingerprint density at radius 2 is 1.76 bits per heavy atom. The lowest BCUT2D eigenvalue weighted by atomic mass is 9.83. The van der Waals surface area contributed by atoms with E-state index in [1.165, 1.54) is 16.7 Å². The number of anilines is 2.